The van der Waals surface area contributed by atoms with E-state index in [-0.39, 0.29) is 12.3 Å². The van der Waals surface area contributed by atoms with Crippen molar-refractivity contribution < 1.29 is 14.7 Å². The molecule has 78 valence electrons. The second-order valence-electron chi connectivity index (χ2n) is 4.29. The molecule has 1 aliphatic carbocycles. The first-order chi connectivity index (χ1) is 6.66. The van der Waals surface area contributed by atoms with E-state index in [2.05, 4.69) is 0 Å². The molecule has 1 amide bonds. The molecule has 0 aromatic rings. The zero-order valence-corrected chi connectivity index (χ0v) is 8.11. The van der Waals surface area contributed by atoms with Crippen molar-refractivity contribution in [2.24, 2.45) is 5.92 Å². The Morgan fingerprint density at radius 1 is 1.21 bits per heavy atom. The van der Waals surface area contributed by atoms with Crippen LogP contribution >= 0.6 is 0 Å². The van der Waals surface area contributed by atoms with E-state index in [4.69, 9.17) is 5.11 Å². The van der Waals surface area contributed by atoms with Crippen molar-refractivity contribution in [3.05, 3.63) is 0 Å². The van der Waals surface area contributed by atoms with Gasteiger partial charge < -0.3 is 10.0 Å². The highest BCUT2D eigenvalue weighted by atomic mass is 16.4. The minimum Gasteiger partial charge on any atom is -0.481 e. The fraction of sp³-hybridized carbons (Fsp3) is 0.800. The molecule has 1 N–H and O–H groups in total. The monoisotopic (exact) mass is 197 g/mol. The number of hydrogen-bond donors (Lipinski definition) is 1. The molecule has 2 saturated heterocycles. The average Bonchev–Trinajstić information content (AvgIpc) is 2.18. The third kappa shape index (κ3) is 1.74. The molecule has 3 fully saturated rings. The highest BCUT2D eigenvalue weighted by Gasteiger charge is 2.36. The standard InChI is InChI=1S/C10H15NO3/c12-9(5-10(13)14)11-6-7-1-3-8(11)4-2-7/h7-8H,1-6H2,(H,13,14). The smallest absolute Gasteiger partial charge is 0.312 e. The number of carboxylic acids is 1. The Bertz CT molecular complexity index is 256. The molecule has 3 rings (SSSR count). The zero-order chi connectivity index (χ0) is 10.1. The molecule has 2 bridgehead atoms. The molecule has 4 heteroatoms. The molecule has 3 aliphatic rings. The van der Waals surface area contributed by atoms with Crippen molar-refractivity contribution in [1.82, 2.24) is 4.90 Å². The van der Waals surface area contributed by atoms with Crippen LogP contribution in [-0.4, -0.2) is 34.5 Å². The minimum atomic E-state index is -1.02. The lowest BCUT2D eigenvalue weighted by molar-refractivity contribution is -0.147. The van der Waals surface area contributed by atoms with Gasteiger partial charge in [0.05, 0.1) is 0 Å². The summed E-state index contributed by atoms with van der Waals surface area (Å²) in [4.78, 5) is 23.7. The number of hydrogen-bond acceptors (Lipinski definition) is 2. The van der Waals surface area contributed by atoms with Crippen LogP contribution in [0, 0.1) is 5.92 Å². The maximum Gasteiger partial charge on any atom is 0.312 e. The van der Waals surface area contributed by atoms with Gasteiger partial charge in [-0.15, -0.1) is 0 Å². The highest BCUT2D eigenvalue weighted by Crippen LogP contribution is 2.34. The summed E-state index contributed by atoms with van der Waals surface area (Å²) < 4.78 is 0. The zero-order valence-electron chi connectivity index (χ0n) is 8.11. The number of carbonyl (C=O) groups is 2. The minimum absolute atomic E-state index is 0.202. The largest absolute Gasteiger partial charge is 0.481 e. The summed E-state index contributed by atoms with van der Waals surface area (Å²) in [5.41, 5.74) is 0. The Morgan fingerprint density at radius 2 is 1.86 bits per heavy atom. The molecule has 0 aromatic heterocycles. The fourth-order valence-corrected chi connectivity index (χ4v) is 2.60. The Balaban J connectivity index is 1.97. The molecule has 0 aromatic carbocycles. The first-order valence-corrected chi connectivity index (χ1v) is 5.18. The van der Waals surface area contributed by atoms with Gasteiger partial charge in [-0.1, -0.05) is 0 Å². The summed E-state index contributed by atoms with van der Waals surface area (Å²) in [5.74, 6) is -0.596. The van der Waals surface area contributed by atoms with Crippen LogP contribution in [0.25, 0.3) is 0 Å². The molecule has 0 spiro atoms. The highest BCUT2D eigenvalue weighted by molar-refractivity contribution is 5.93. The van der Waals surface area contributed by atoms with E-state index in [1.165, 1.54) is 12.8 Å². The van der Waals surface area contributed by atoms with E-state index in [9.17, 15) is 9.59 Å². The molecule has 2 aliphatic heterocycles. The van der Waals surface area contributed by atoms with E-state index < -0.39 is 5.97 Å². The number of piperidine rings is 2. The van der Waals surface area contributed by atoms with E-state index in [0.717, 1.165) is 19.4 Å². The summed E-state index contributed by atoms with van der Waals surface area (Å²) in [7, 11) is 0. The summed E-state index contributed by atoms with van der Waals surface area (Å²) in [6.07, 6.45) is 4.21. The van der Waals surface area contributed by atoms with Crippen LogP contribution in [0.15, 0.2) is 0 Å². The first kappa shape index (κ1) is 9.49. The van der Waals surface area contributed by atoms with E-state index in [1.54, 1.807) is 4.90 Å². The van der Waals surface area contributed by atoms with Crippen molar-refractivity contribution in [3.8, 4) is 0 Å². The van der Waals surface area contributed by atoms with Gasteiger partial charge >= 0.3 is 5.97 Å². The van der Waals surface area contributed by atoms with Crippen molar-refractivity contribution in [2.75, 3.05) is 6.54 Å². The van der Waals surface area contributed by atoms with Crippen LogP contribution < -0.4 is 0 Å². The lowest BCUT2D eigenvalue weighted by Crippen LogP contribution is -2.51. The number of rotatable bonds is 2. The van der Waals surface area contributed by atoms with E-state index in [0.29, 0.717) is 12.0 Å². The second-order valence-corrected chi connectivity index (χ2v) is 4.29. The number of fused-ring (bicyclic) bond motifs is 3. The number of nitrogens with zero attached hydrogens (tertiary/aromatic N) is 1. The van der Waals surface area contributed by atoms with E-state index >= 15 is 0 Å². The third-order valence-corrected chi connectivity index (χ3v) is 3.33. The lowest BCUT2D eigenvalue weighted by Gasteiger charge is -2.45. The van der Waals surface area contributed by atoms with Gasteiger partial charge in [0.15, 0.2) is 0 Å². The lowest BCUT2D eigenvalue weighted by atomic mass is 9.80. The number of carboxylic acid groups (broad SMARTS) is 1. The van der Waals surface area contributed by atoms with Gasteiger partial charge in [-0.05, 0) is 31.6 Å². The second kappa shape index (κ2) is 3.59. The van der Waals surface area contributed by atoms with Gasteiger partial charge in [-0.3, -0.25) is 9.59 Å². The van der Waals surface area contributed by atoms with Gasteiger partial charge in [-0.25, -0.2) is 0 Å². The summed E-state index contributed by atoms with van der Waals surface area (Å²) in [5, 5.41) is 8.54. The average molecular weight is 197 g/mol. The molecule has 4 nitrogen and oxygen atoms in total. The predicted molar refractivity (Wildman–Crippen MR) is 49.7 cm³/mol. The van der Waals surface area contributed by atoms with E-state index in [1.807, 2.05) is 0 Å². The van der Waals surface area contributed by atoms with Gasteiger partial charge in [0.25, 0.3) is 0 Å². The van der Waals surface area contributed by atoms with Crippen molar-refractivity contribution in [3.63, 3.8) is 0 Å². The maximum atomic E-state index is 11.5. The molecule has 0 atom stereocenters. The Morgan fingerprint density at radius 3 is 2.29 bits per heavy atom. The van der Waals surface area contributed by atoms with Crippen LogP contribution in [-0.2, 0) is 9.59 Å². The van der Waals surface area contributed by atoms with Crippen LogP contribution in [0.3, 0.4) is 0 Å². The molecule has 2 heterocycles. The van der Waals surface area contributed by atoms with Crippen LogP contribution in [0.5, 0.6) is 0 Å². The molecular formula is C10H15NO3. The van der Waals surface area contributed by atoms with Crippen molar-refractivity contribution in [2.45, 2.75) is 38.1 Å². The Kier molecular flexibility index (Phi) is 2.44. The van der Waals surface area contributed by atoms with Crippen molar-refractivity contribution in [1.29, 1.82) is 0 Å². The fourth-order valence-electron chi connectivity index (χ4n) is 2.60. The summed E-state index contributed by atoms with van der Waals surface area (Å²) in [6, 6.07) is 0.326. The van der Waals surface area contributed by atoms with Gasteiger partial charge in [0, 0.05) is 12.6 Å². The summed E-state index contributed by atoms with van der Waals surface area (Å²) in [6.45, 7) is 0.788. The number of carbonyl (C=O) groups excluding carboxylic acids is 1. The molecule has 0 unspecified atom stereocenters. The van der Waals surface area contributed by atoms with Crippen LogP contribution in [0.2, 0.25) is 0 Å². The first-order valence-electron chi connectivity index (χ1n) is 5.18. The molecule has 0 radical (unpaired) electrons. The molecule has 14 heavy (non-hydrogen) atoms. The van der Waals surface area contributed by atoms with Gasteiger partial charge in [0.2, 0.25) is 5.91 Å². The number of aliphatic carboxylic acids is 1. The van der Waals surface area contributed by atoms with Crippen LogP contribution in [0.4, 0.5) is 0 Å². The number of amides is 1. The third-order valence-electron chi connectivity index (χ3n) is 3.33. The van der Waals surface area contributed by atoms with Gasteiger partial charge in [-0.2, -0.15) is 0 Å². The van der Waals surface area contributed by atoms with Crippen molar-refractivity contribution >= 4 is 11.9 Å². The van der Waals surface area contributed by atoms with Crippen LogP contribution in [0.1, 0.15) is 32.1 Å². The normalized spacial score (nSPS) is 30.4. The molecule has 1 saturated carbocycles. The topological polar surface area (TPSA) is 57.6 Å². The Labute approximate surface area is 82.9 Å². The predicted octanol–water partition coefficient (Wildman–Crippen LogP) is 0.862. The quantitative estimate of drug-likeness (QED) is 0.668. The van der Waals surface area contributed by atoms with Gasteiger partial charge in [0.1, 0.15) is 6.42 Å². The molecular weight excluding hydrogens is 182 g/mol. The summed E-state index contributed by atoms with van der Waals surface area (Å²) >= 11 is 0. The maximum absolute atomic E-state index is 11.5. The SMILES string of the molecule is O=C(O)CC(=O)N1CC2CCC1CC2. The Hall–Kier alpha value is -1.06.